The number of H-pyrrole nitrogens is 1. The Morgan fingerprint density at radius 1 is 1.21 bits per heavy atom. The first-order valence-electron chi connectivity index (χ1n) is 4.79. The van der Waals surface area contributed by atoms with Crippen LogP contribution in [-0.4, -0.2) is 15.4 Å². The highest BCUT2D eigenvalue weighted by molar-refractivity contribution is 5.56. The molecule has 0 aliphatic rings. The maximum atomic E-state index is 3.95. The summed E-state index contributed by atoms with van der Waals surface area (Å²) in [4.78, 5) is 0. The second-order valence-corrected chi connectivity index (χ2v) is 2.93. The van der Waals surface area contributed by atoms with Crippen molar-refractivity contribution in [1.29, 1.82) is 0 Å². The van der Waals surface area contributed by atoms with Crippen molar-refractivity contribution in [3.05, 3.63) is 36.5 Å². The summed E-state index contributed by atoms with van der Waals surface area (Å²) in [5.74, 6) is 0. The van der Waals surface area contributed by atoms with Gasteiger partial charge in [0.15, 0.2) is 0 Å². The molecule has 1 heterocycles. The molecule has 2 aromatic rings. The molecular weight excluding hydrogens is 174 g/mol. The second-order valence-electron chi connectivity index (χ2n) is 2.93. The fourth-order valence-corrected chi connectivity index (χ4v) is 0.950. The Morgan fingerprint density at radius 2 is 1.86 bits per heavy atom. The first kappa shape index (κ1) is 10.4. The minimum absolute atomic E-state index is 0. The van der Waals surface area contributed by atoms with Crippen LogP contribution in [0.25, 0.3) is 11.3 Å². The lowest BCUT2D eigenvalue weighted by molar-refractivity contribution is 0.942. The Kier molecular flexibility index (Phi) is 4.41. The van der Waals surface area contributed by atoms with E-state index in [1.54, 1.807) is 6.20 Å². The molecule has 1 aromatic carbocycles. The van der Waals surface area contributed by atoms with Crippen LogP contribution in [0.2, 0.25) is 0 Å². The fraction of sp³-hybridized carbons (Fsp3) is 0.273. The van der Waals surface area contributed by atoms with E-state index in [1.165, 1.54) is 6.42 Å². The monoisotopic (exact) mass is 191 g/mol. The van der Waals surface area contributed by atoms with Gasteiger partial charge in [-0.05, 0) is 0 Å². The number of hydrogen-bond acceptors (Lipinski definition) is 2. The normalized spacial score (nSPS) is 9.00. The molecule has 0 aliphatic carbocycles. The van der Waals surface area contributed by atoms with Gasteiger partial charge in [0.05, 0.1) is 6.20 Å². The number of aromatic nitrogens is 3. The van der Waals surface area contributed by atoms with E-state index in [0.717, 1.165) is 11.3 Å². The SMILES string of the molecule is CCC.[HH].c1ccc(-c2cn[nH]n2)cc1. The lowest BCUT2D eigenvalue weighted by Crippen LogP contribution is -1.75. The fourth-order valence-electron chi connectivity index (χ4n) is 0.950. The highest BCUT2D eigenvalue weighted by Crippen LogP contribution is 2.12. The van der Waals surface area contributed by atoms with Crippen molar-refractivity contribution in [1.82, 2.24) is 15.4 Å². The van der Waals surface area contributed by atoms with Gasteiger partial charge in [-0.15, -0.1) is 0 Å². The van der Waals surface area contributed by atoms with E-state index in [2.05, 4.69) is 29.3 Å². The van der Waals surface area contributed by atoms with Gasteiger partial charge in [0.25, 0.3) is 0 Å². The Labute approximate surface area is 85.7 Å². The zero-order chi connectivity index (χ0) is 10.2. The Balaban J connectivity index is 0.000000443. The molecule has 0 bridgehead atoms. The van der Waals surface area contributed by atoms with Crippen LogP contribution in [-0.2, 0) is 0 Å². The molecule has 14 heavy (non-hydrogen) atoms. The molecule has 0 saturated heterocycles. The van der Waals surface area contributed by atoms with E-state index in [1.807, 2.05) is 30.3 Å². The molecule has 3 heteroatoms. The lowest BCUT2D eigenvalue weighted by Gasteiger charge is -1.90. The van der Waals surface area contributed by atoms with E-state index in [9.17, 15) is 0 Å². The average molecular weight is 191 g/mol. The number of benzene rings is 1. The highest BCUT2D eigenvalue weighted by Gasteiger charge is 1.96. The van der Waals surface area contributed by atoms with E-state index in [-0.39, 0.29) is 1.43 Å². The van der Waals surface area contributed by atoms with Gasteiger partial charge < -0.3 is 0 Å². The Bertz CT molecular complexity index is 332. The summed E-state index contributed by atoms with van der Waals surface area (Å²) >= 11 is 0. The van der Waals surface area contributed by atoms with E-state index in [4.69, 9.17) is 0 Å². The molecule has 2 rings (SSSR count). The third-order valence-electron chi connectivity index (χ3n) is 1.48. The van der Waals surface area contributed by atoms with Crippen LogP contribution in [0.3, 0.4) is 0 Å². The Hall–Kier alpha value is -1.64. The van der Waals surface area contributed by atoms with Crippen molar-refractivity contribution < 1.29 is 1.43 Å². The smallest absolute Gasteiger partial charge is 0.112 e. The summed E-state index contributed by atoms with van der Waals surface area (Å²) in [6.07, 6.45) is 2.95. The van der Waals surface area contributed by atoms with Crippen LogP contribution < -0.4 is 0 Å². The molecule has 3 nitrogen and oxygen atoms in total. The van der Waals surface area contributed by atoms with E-state index in [0.29, 0.717) is 0 Å². The number of nitrogens with one attached hydrogen (secondary N) is 1. The van der Waals surface area contributed by atoms with Crippen molar-refractivity contribution in [2.45, 2.75) is 20.3 Å². The van der Waals surface area contributed by atoms with Crippen molar-refractivity contribution in [3.63, 3.8) is 0 Å². The minimum Gasteiger partial charge on any atom is -0.197 e. The predicted molar refractivity (Wildman–Crippen MR) is 59.9 cm³/mol. The molecule has 0 amide bonds. The van der Waals surface area contributed by atoms with E-state index < -0.39 is 0 Å². The van der Waals surface area contributed by atoms with Gasteiger partial charge in [0.1, 0.15) is 5.69 Å². The maximum absolute atomic E-state index is 3.95. The minimum atomic E-state index is 0. The quantitative estimate of drug-likeness (QED) is 0.752. The van der Waals surface area contributed by atoms with Crippen LogP contribution in [0, 0.1) is 0 Å². The molecule has 0 fully saturated rings. The molecule has 0 aliphatic heterocycles. The zero-order valence-corrected chi connectivity index (χ0v) is 8.57. The predicted octanol–water partition coefficient (Wildman–Crippen LogP) is 3.13. The largest absolute Gasteiger partial charge is 0.197 e. The lowest BCUT2D eigenvalue weighted by atomic mass is 10.2. The van der Waals surface area contributed by atoms with Gasteiger partial charge in [-0.2, -0.15) is 15.4 Å². The van der Waals surface area contributed by atoms with Gasteiger partial charge in [0.2, 0.25) is 0 Å². The van der Waals surface area contributed by atoms with Gasteiger partial charge in [-0.3, -0.25) is 0 Å². The van der Waals surface area contributed by atoms with E-state index >= 15 is 0 Å². The van der Waals surface area contributed by atoms with Gasteiger partial charge in [-0.1, -0.05) is 50.6 Å². The number of nitrogens with zero attached hydrogens (tertiary/aromatic N) is 2. The first-order valence-corrected chi connectivity index (χ1v) is 4.79. The van der Waals surface area contributed by atoms with Gasteiger partial charge in [0, 0.05) is 6.99 Å². The van der Waals surface area contributed by atoms with Gasteiger partial charge in [-0.25, -0.2) is 0 Å². The highest BCUT2D eigenvalue weighted by atomic mass is 15.3. The third kappa shape index (κ3) is 3.01. The van der Waals surface area contributed by atoms with Crippen molar-refractivity contribution >= 4 is 0 Å². The average Bonchev–Trinajstić information content (AvgIpc) is 2.73. The van der Waals surface area contributed by atoms with Crippen molar-refractivity contribution in [3.8, 4) is 11.3 Å². The summed E-state index contributed by atoms with van der Waals surface area (Å²) in [6, 6.07) is 9.92. The number of aromatic amines is 1. The van der Waals surface area contributed by atoms with Crippen molar-refractivity contribution in [2.24, 2.45) is 0 Å². The third-order valence-corrected chi connectivity index (χ3v) is 1.48. The number of hydrogen-bond donors (Lipinski definition) is 1. The molecule has 0 radical (unpaired) electrons. The maximum Gasteiger partial charge on any atom is 0.112 e. The topological polar surface area (TPSA) is 41.6 Å². The number of rotatable bonds is 1. The molecule has 1 aromatic heterocycles. The Morgan fingerprint density at radius 3 is 2.36 bits per heavy atom. The van der Waals surface area contributed by atoms with Crippen LogP contribution in [0.1, 0.15) is 21.7 Å². The summed E-state index contributed by atoms with van der Waals surface area (Å²) in [5.41, 5.74) is 1.96. The van der Waals surface area contributed by atoms with Crippen LogP contribution in [0.15, 0.2) is 36.5 Å². The summed E-state index contributed by atoms with van der Waals surface area (Å²) in [7, 11) is 0. The first-order chi connectivity index (χ1) is 6.88. The second kappa shape index (κ2) is 5.91. The van der Waals surface area contributed by atoms with Crippen LogP contribution in [0.4, 0.5) is 0 Å². The summed E-state index contributed by atoms with van der Waals surface area (Å²) in [6.45, 7) is 4.25. The summed E-state index contributed by atoms with van der Waals surface area (Å²) in [5, 5.41) is 10.2. The molecule has 0 unspecified atom stereocenters. The molecule has 1 N–H and O–H groups in total. The molecule has 76 valence electrons. The van der Waals surface area contributed by atoms with Crippen molar-refractivity contribution in [2.75, 3.05) is 0 Å². The van der Waals surface area contributed by atoms with Crippen LogP contribution >= 0.6 is 0 Å². The van der Waals surface area contributed by atoms with Crippen LogP contribution in [0.5, 0.6) is 0 Å². The zero-order valence-electron chi connectivity index (χ0n) is 8.57. The molecule has 0 saturated carbocycles. The standard InChI is InChI=1S/C8H7N3.C3H8.H2/c1-2-4-7(5-3-1)8-6-9-11-10-8;1-3-2;/h1-6H,(H,9,10,11);3H2,1-2H3;1H. The molecule has 0 atom stereocenters. The summed E-state index contributed by atoms with van der Waals surface area (Å²) < 4.78 is 0. The van der Waals surface area contributed by atoms with Gasteiger partial charge >= 0.3 is 0 Å². The molecule has 0 spiro atoms. The molecular formula is C11H17N3.